The molecule has 1 saturated carbocycles. The fourth-order valence-corrected chi connectivity index (χ4v) is 30.7. The van der Waals surface area contributed by atoms with Crippen molar-refractivity contribution in [3.8, 4) is 0 Å². The summed E-state index contributed by atoms with van der Waals surface area (Å²) in [4.78, 5) is 65.0. The van der Waals surface area contributed by atoms with Crippen molar-refractivity contribution in [2.45, 2.75) is 268 Å². The first-order valence-electron chi connectivity index (χ1n) is 45.5. The van der Waals surface area contributed by atoms with Crippen LogP contribution in [-0.4, -0.2) is 260 Å². The van der Waals surface area contributed by atoms with Crippen LogP contribution in [0.15, 0.2) is 182 Å². The third-order valence-corrected chi connectivity index (χ3v) is 40.6. The maximum atomic E-state index is 11.9. The first kappa shape index (κ1) is 126. The van der Waals surface area contributed by atoms with E-state index in [1.807, 2.05) is 32.8 Å². The molecule has 6 saturated heterocycles. The van der Waals surface area contributed by atoms with Crippen LogP contribution in [0.3, 0.4) is 0 Å². The number of aliphatic carboxylic acids is 2. The Bertz CT molecular complexity index is 4290. The minimum atomic E-state index is -1.98. The van der Waals surface area contributed by atoms with E-state index in [2.05, 4.69) is 363 Å². The number of carboxylic acid groups (broad SMARTS) is 2. The average molecular weight is 2020 g/mol. The second-order valence-corrected chi connectivity index (χ2v) is 59.9. The Morgan fingerprint density at radius 3 is 1.09 bits per heavy atom. The van der Waals surface area contributed by atoms with Crippen molar-refractivity contribution in [2.24, 2.45) is 43.8 Å². The number of carboxylic acids is 2. The normalized spacial score (nSPS) is 22.6. The molecule has 18 nitrogen and oxygen atoms in total. The predicted molar refractivity (Wildman–Crippen MR) is 564 cm³/mol. The van der Waals surface area contributed by atoms with Gasteiger partial charge in [0.1, 0.15) is 54.0 Å². The van der Waals surface area contributed by atoms with E-state index in [1.165, 1.54) is 42.4 Å². The van der Waals surface area contributed by atoms with Gasteiger partial charge < -0.3 is 64.0 Å². The summed E-state index contributed by atoms with van der Waals surface area (Å²) in [7, 11) is 9.81. The number of carbonyl (C=O) groups is 5. The van der Waals surface area contributed by atoms with Crippen molar-refractivity contribution in [3.63, 3.8) is 0 Å². The Balaban J connectivity index is 0.00000151. The van der Waals surface area contributed by atoms with Gasteiger partial charge >= 0.3 is 36.9 Å². The zero-order valence-corrected chi connectivity index (χ0v) is 92.1. The third kappa shape index (κ3) is 41.5. The van der Waals surface area contributed by atoms with Gasteiger partial charge in [-0.1, -0.05) is 330 Å². The summed E-state index contributed by atoms with van der Waals surface area (Å²) in [5.41, 5.74) is 1.84. The molecule has 0 spiro atoms. The van der Waals surface area contributed by atoms with Crippen LogP contribution in [-0.2, 0) is 55.5 Å². The summed E-state index contributed by atoms with van der Waals surface area (Å²) in [6, 6.07) is 66.1. The molecule has 1 aliphatic carbocycles. The first-order valence-corrected chi connectivity index (χ1v) is 58.3. The van der Waals surface area contributed by atoms with Gasteiger partial charge in [0.25, 0.3) is 0 Å². The smallest absolute Gasteiger partial charge is 1.00 e. The Kier molecular flexibility index (Phi) is 54.0. The number of alkyl halides is 1. The number of aliphatic hydroxyl groups excluding tert-OH is 3. The molecule has 30 heteroatoms. The largest absolute Gasteiger partial charge is 1.00 e. The molecule has 0 aromatic heterocycles. The van der Waals surface area contributed by atoms with Crippen molar-refractivity contribution >= 4 is 167 Å². The quantitative estimate of drug-likeness (QED) is 0.0203. The molecule has 132 heavy (non-hydrogen) atoms. The summed E-state index contributed by atoms with van der Waals surface area (Å²) < 4.78 is 14.3. The van der Waals surface area contributed by atoms with Crippen LogP contribution in [0.25, 0.3) is 0 Å². The number of benzene rings is 6. The van der Waals surface area contributed by atoms with Gasteiger partial charge in [-0.15, -0.1) is 11.6 Å². The van der Waals surface area contributed by atoms with Gasteiger partial charge in [-0.25, -0.2) is 13.8 Å². The number of hydrogen-bond acceptors (Lipinski definition) is 17. The molecule has 6 heterocycles. The van der Waals surface area contributed by atoms with Gasteiger partial charge in [-0.3, -0.25) is 24.3 Å². The van der Waals surface area contributed by atoms with Gasteiger partial charge in [0.05, 0.1) is 24.9 Å². The van der Waals surface area contributed by atoms with Gasteiger partial charge in [0.15, 0.2) is 17.4 Å². The molecular weight excluding hydrogens is 1860 g/mol. The number of nitrogens with zero attached hydrogens (tertiary/aromatic N) is 5. The number of likely N-dealkylation sites (tertiary alicyclic amines) is 5. The second-order valence-electron chi connectivity index (χ2n) is 44.0. The van der Waals surface area contributed by atoms with Crippen LogP contribution in [0.2, 0.25) is 31.7 Å². The number of likely N-dealkylation sites (N-methyl/N-ethyl adjacent to an activating group) is 4. The average Bonchev–Trinajstić information content (AvgIpc) is 1.57. The van der Waals surface area contributed by atoms with E-state index in [4.69, 9.17) is 35.9 Å². The van der Waals surface area contributed by atoms with Crippen LogP contribution in [0, 0.1) is 43.8 Å². The summed E-state index contributed by atoms with van der Waals surface area (Å²) in [5, 5.41) is 61.0. The molecule has 6 aliphatic heterocycles. The number of ether oxygens (including phenoxy) is 1. The fourth-order valence-electron chi connectivity index (χ4n) is 19.7. The molecular formula is C102H163AlCl4LiN6O12S3Si3-. The number of halogens is 4. The Hall–Kier alpha value is -3.92. The maximum absolute atomic E-state index is 11.9. The van der Waals surface area contributed by atoms with Crippen LogP contribution in [0.4, 0.5) is 4.79 Å². The van der Waals surface area contributed by atoms with E-state index < -0.39 is 63.1 Å². The van der Waals surface area contributed by atoms with Crippen LogP contribution in [0.5, 0.6) is 0 Å². The van der Waals surface area contributed by atoms with E-state index in [0.717, 1.165) is 102 Å². The maximum Gasteiger partial charge on any atom is 1.00 e. The minimum Gasteiger partial charge on any atom is -1.00 e. The Morgan fingerprint density at radius 1 is 0.515 bits per heavy atom. The molecule has 0 unspecified atom stereocenters. The summed E-state index contributed by atoms with van der Waals surface area (Å²) in [5.74, 6) is -0.917. The Morgan fingerprint density at radius 2 is 0.848 bits per heavy atom. The standard InChI is InChI=1S/C22H31NOSi.C21H29NOSi.C14H15ClSi.C12H21NO4.C9H16O.C8H15NO2.C8H17NO.C8H15NO.Al.Cl2OS.ClH.Li.S2.4H/c1-22(2)15-20(23(3)17-22)21(24)16-25(4,18-11-7-5-8-12-18)19-13-9-6-10-14-19;1-21(2)14-19(22-16-21)20(23)15-24(3,17-10-6-4-7-11-17)18-12-8-5-9-13-18;1-16(12-15,13-8-4-2-5-9-13)14-10-6-3-7-11-14;1-11(2,3)17-10(16)13-7-12(4,5)6-8(13)9(14)15;1-7(10)8-4-5-9(2,3)6-8;1-8(2)4-6(7(10)11)9(3)5-8;2*1-8(2)4-7(5-10)9(3)6-8;;1-4(2)3;;;1-2;;;;/h5-14,20-21,24H,15-17H2,1-4H3;4-13,19-20,22-23H,14-16H2,1-3H3;2-11H,12H2,1H3;8H,6-7H2,1-5H3,(H,14,15);8H,4-6H2,1-3H3;6H,4-5H2,1-3H3,(H,10,11);7,10H,4-6H2,1-3H3;5,7H,4,6H2,1-3H3;;;1H;;;;;;/q;;;;;;;;;;;+1;;;;;-1/p-1/t20-,21+;19-,20+;;2*8-;6-;2*7-;;;;;;;;;/m00.00000........./s1. The van der Waals surface area contributed by atoms with E-state index >= 15 is 0 Å². The van der Waals surface area contributed by atoms with Crippen molar-refractivity contribution in [1.29, 1.82) is 0 Å². The van der Waals surface area contributed by atoms with Crippen molar-refractivity contribution < 1.29 is 91.1 Å². The van der Waals surface area contributed by atoms with Crippen molar-refractivity contribution in [3.05, 3.63) is 182 Å². The third-order valence-electron chi connectivity index (χ3n) is 26.4. The number of carbonyl (C=O) groups excluding carboxylic acids is 3. The summed E-state index contributed by atoms with van der Waals surface area (Å²) in [6.07, 6.45) is 8.81. The van der Waals surface area contributed by atoms with Gasteiger partial charge in [0.2, 0.25) is 9.23 Å². The molecule has 9 atom stereocenters. The van der Waals surface area contributed by atoms with E-state index in [-0.39, 0.29) is 108 Å². The van der Waals surface area contributed by atoms with Crippen LogP contribution >= 0.6 is 33.0 Å². The minimum absolute atomic E-state index is 0. The van der Waals surface area contributed by atoms with Crippen molar-refractivity contribution in [2.75, 3.05) is 79.6 Å². The van der Waals surface area contributed by atoms with E-state index in [0.29, 0.717) is 53.6 Å². The number of Topliss-reactive ketones (excluding diaryl/α,β-unsaturated/α-hetero) is 1. The van der Waals surface area contributed by atoms with E-state index in [9.17, 15) is 34.2 Å². The molecule has 1 amide bonds. The monoisotopic (exact) mass is 2020 g/mol. The SMILES string of the molecule is CC(=O)[C@H]1CCC(C)(C)C1.CC1(C)CN[C@H]([C@H](O)C[Si](C)(c2ccccc2)c2ccccc2)C1.CC1(C)C[C@@H](C(=O)O)N(C(=O)OC(C)(C)C)C1.CN1CC(C)(C)C[C@H]1C(=O)O.CN1CC(C)(C)C[C@H]1C=O.CN1CC(C)(C)C[C@H]1CO.CN1CC(C)(C)C[C@H]1[C@H](O)C[Si](C)(c1ccccc1)c1ccccc1.C[Si](CCl)(c1ccccc1)c1ccccc1.O=S(Cl)Cl.S=S.[AlH3].[Cl-].[H-].[Li+]. The number of aliphatic hydroxyl groups is 3. The van der Waals surface area contributed by atoms with Crippen LogP contribution < -0.4 is 67.7 Å². The summed E-state index contributed by atoms with van der Waals surface area (Å²) in [6.45, 7) is 50.6. The second kappa shape index (κ2) is 56.5. The molecule has 6 aromatic carbocycles. The van der Waals surface area contributed by atoms with Gasteiger partial charge in [-0.2, -0.15) is 0 Å². The predicted octanol–water partition coefficient (Wildman–Crippen LogP) is 9.17. The van der Waals surface area contributed by atoms with E-state index in [1.54, 1.807) is 27.7 Å². The van der Waals surface area contributed by atoms with Gasteiger partial charge in [-0.05, 0) is 164 Å². The summed E-state index contributed by atoms with van der Waals surface area (Å²) >= 11 is 13.6. The number of aldehydes is 1. The zero-order valence-electron chi connectivity index (χ0n) is 84.6. The molecule has 6 N–H and O–H groups in total. The number of ketones is 1. The molecule has 0 bridgehead atoms. The van der Waals surface area contributed by atoms with Crippen molar-refractivity contribution in [1.82, 2.24) is 29.8 Å². The number of rotatable bonds is 18. The zero-order chi connectivity index (χ0) is 97.7. The fraction of sp³-hybridized carbons (Fsp3) is 0.598. The van der Waals surface area contributed by atoms with Gasteiger partial charge in [0, 0.05) is 113 Å². The molecule has 7 fully saturated rings. The number of nitrogens with one attached hydrogen (secondary N) is 1. The molecule has 736 valence electrons. The number of hydrogen-bond donors (Lipinski definition) is 6. The number of amides is 1. The molecule has 7 aliphatic rings. The first-order chi connectivity index (χ1) is 59.8. The molecule has 13 rings (SSSR count). The Labute approximate surface area is 854 Å². The topological polar surface area (TPSA) is 241 Å². The molecule has 0 radical (unpaired) electrons. The van der Waals surface area contributed by atoms with Crippen LogP contribution in [0.1, 0.15) is 184 Å². The molecule has 6 aromatic rings.